The molecule has 12 nitrogen and oxygen atoms in total. The van der Waals surface area contributed by atoms with Gasteiger partial charge in [0.15, 0.2) is 5.71 Å². The molecule has 4 rings (SSSR count). The number of anilines is 3. The van der Waals surface area contributed by atoms with E-state index in [9.17, 15) is 33.2 Å². The fraction of sp³-hybridized carbons (Fsp3) is 0.242. The third-order valence-corrected chi connectivity index (χ3v) is 8.73. The summed E-state index contributed by atoms with van der Waals surface area (Å²) >= 11 is 0. The summed E-state index contributed by atoms with van der Waals surface area (Å²) in [6.45, 7) is 11.4. The van der Waals surface area contributed by atoms with E-state index in [1.807, 2.05) is 48.6 Å². The van der Waals surface area contributed by atoms with Gasteiger partial charge >= 0.3 is 0 Å². The predicted octanol–water partition coefficient (Wildman–Crippen LogP) is 6.76. The van der Waals surface area contributed by atoms with Gasteiger partial charge < -0.3 is 10.2 Å². The van der Waals surface area contributed by atoms with Gasteiger partial charge in [-0.1, -0.05) is 24.3 Å². The van der Waals surface area contributed by atoms with Gasteiger partial charge in [0.1, 0.15) is 23.7 Å². The van der Waals surface area contributed by atoms with Gasteiger partial charge in [0, 0.05) is 42.6 Å². The fourth-order valence-electron chi connectivity index (χ4n) is 5.48. The molecule has 0 bridgehead atoms. The first-order valence-electron chi connectivity index (χ1n) is 14.8. The van der Waals surface area contributed by atoms with Crippen LogP contribution in [0, 0.1) is 20.2 Å². The molecular formula is C33H36N5O7S+. The number of allylic oxidation sites excluding steroid dienone is 5. The Morgan fingerprint density at radius 1 is 0.826 bits per heavy atom. The van der Waals surface area contributed by atoms with Crippen LogP contribution in [0.5, 0.6) is 0 Å². The van der Waals surface area contributed by atoms with E-state index >= 15 is 0 Å². The van der Waals surface area contributed by atoms with Crippen molar-refractivity contribution in [2.45, 2.75) is 32.6 Å². The quantitative estimate of drug-likeness (QED) is 0.0938. The second-order valence-electron chi connectivity index (χ2n) is 10.3. The van der Waals surface area contributed by atoms with Crippen LogP contribution in [0.1, 0.15) is 38.8 Å². The number of hydrogen-bond donors (Lipinski definition) is 2. The Kier molecular flexibility index (Phi) is 10.5. The molecule has 1 aliphatic rings. The van der Waals surface area contributed by atoms with Crippen LogP contribution >= 0.6 is 0 Å². The van der Waals surface area contributed by atoms with Crippen LogP contribution in [-0.4, -0.2) is 59.3 Å². The lowest BCUT2D eigenvalue weighted by Crippen LogP contribution is -2.21. The van der Waals surface area contributed by atoms with Gasteiger partial charge in [-0.15, -0.1) is 0 Å². The number of nitrogens with zero attached hydrogens (tertiary/aromatic N) is 4. The lowest BCUT2D eigenvalue weighted by Gasteiger charge is -2.22. The summed E-state index contributed by atoms with van der Waals surface area (Å²) in [5.41, 5.74) is 2.52. The first-order valence-corrected chi connectivity index (χ1v) is 16.3. The fourth-order valence-corrected chi connectivity index (χ4v) is 6.32. The van der Waals surface area contributed by atoms with Gasteiger partial charge in [0.05, 0.1) is 21.6 Å². The zero-order chi connectivity index (χ0) is 33.6. The summed E-state index contributed by atoms with van der Waals surface area (Å²) in [6, 6.07) is 15.1. The maximum atomic E-state index is 13.1. The molecule has 0 atom stereocenters. The van der Waals surface area contributed by atoms with Crippen molar-refractivity contribution in [1.29, 1.82) is 0 Å². The zero-order valence-corrected chi connectivity index (χ0v) is 26.8. The van der Waals surface area contributed by atoms with E-state index < -0.39 is 36.2 Å². The molecule has 13 heteroatoms. The number of non-ortho nitro benzene ring substituents is 1. The third kappa shape index (κ3) is 7.22. The molecule has 2 N–H and O–H groups in total. The lowest BCUT2D eigenvalue weighted by atomic mass is 9.90. The second kappa shape index (κ2) is 14.3. The Morgan fingerprint density at radius 3 is 1.98 bits per heavy atom. The number of nitrogens with one attached hydrogen (secondary N) is 1. The van der Waals surface area contributed by atoms with Crippen LogP contribution < -0.4 is 10.2 Å². The molecule has 0 heterocycles. The normalized spacial score (nSPS) is 12.6. The van der Waals surface area contributed by atoms with Gasteiger partial charge in [-0.3, -0.25) is 24.8 Å². The monoisotopic (exact) mass is 646 g/mol. The van der Waals surface area contributed by atoms with E-state index in [4.69, 9.17) is 0 Å². The largest absolute Gasteiger partial charge is 0.372 e. The molecule has 3 aromatic rings. The van der Waals surface area contributed by atoms with Crippen LogP contribution in [0.2, 0.25) is 0 Å². The lowest BCUT2D eigenvalue weighted by molar-refractivity contribution is -0.519. The SMILES string of the molecule is CCN(CC)c1ccc(C(=C2C=CC(=[N+](CC)CC)C=C2)c2cccc(Nc3ccc([N+](=O)[O-])cc3[N+](=O)[O-])c2S(=O)(=O)O)cc1. The molecule has 0 unspecified atom stereocenters. The Hall–Kier alpha value is -5.14. The van der Waals surface area contributed by atoms with E-state index in [0.29, 0.717) is 16.7 Å². The summed E-state index contributed by atoms with van der Waals surface area (Å²) in [4.78, 5) is 23.2. The minimum atomic E-state index is -4.94. The van der Waals surface area contributed by atoms with Crippen molar-refractivity contribution in [3.63, 3.8) is 0 Å². The average molecular weight is 647 g/mol. The van der Waals surface area contributed by atoms with Gasteiger partial charge in [0.25, 0.3) is 21.5 Å². The van der Waals surface area contributed by atoms with Gasteiger partial charge in [0.2, 0.25) is 0 Å². The van der Waals surface area contributed by atoms with E-state index in [-0.39, 0.29) is 16.9 Å². The Bertz CT molecular complexity index is 1870. The molecule has 0 radical (unpaired) electrons. The van der Waals surface area contributed by atoms with Crippen LogP contribution in [0.25, 0.3) is 5.57 Å². The summed E-state index contributed by atoms with van der Waals surface area (Å²) in [5, 5.41) is 25.8. The van der Waals surface area contributed by atoms with Crippen molar-refractivity contribution in [1.82, 2.24) is 0 Å². The molecule has 0 saturated heterocycles. The molecular weight excluding hydrogens is 610 g/mol. The van der Waals surface area contributed by atoms with Crippen LogP contribution in [0.4, 0.5) is 28.4 Å². The molecule has 240 valence electrons. The van der Waals surface area contributed by atoms with Gasteiger partial charge in [-0.2, -0.15) is 8.42 Å². The van der Waals surface area contributed by atoms with Crippen molar-refractivity contribution in [3.8, 4) is 0 Å². The summed E-state index contributed by atoms with van der Waals surface area (Å²) in [6.07, 6.45) is 7.66. The molecule has 3 aromatic carbocycles. The third-order valence-electron chi connectivity index (χ3n) is 7.77. The van der Waals surface area contributed by atoms with Crippen molar-refractivity contribution >= 4 is 49.8 Å². The number of nitro benzene ring substituents is 2. The standard InChI is InChI=1S/C33H35N5O7S/c1-5-35(6-2)25-16-12-23(13-17-25)32(24-14-18-26(19-15-24)36(7-3)8-4)28-10-9-11-30(33(28)46(43,44)45)34-29-21-20-27(37(39)40)22-31(29)38(41)42/h9-22,34H,5-8H2,1-4H3/p+1. The number of rotatable bonds is 12. The van der Waals surface area contributed by atoms with E-state index in [0.717, 1.165) is 55.8 Å². The maximum absolute atomic E-state index is 13.1. The highest BCUT2D eigenvalue weighted by atomic mass is 32.2. The summed E-state index contributed by atoms with van der Waals surface area (Å²) in [5.74, 6) is 0. The highest BCUT2D eigenvalue weighted by molar-refractivity contribution is 7.86. The molecule has 0 fully saturated rings. The van der Waals surface area contributed by atoms with Crippen molar-refractivity contribution in [2.24, 2.45) is 0 Å². The van der Waals surface area contributed by atoms with E-state index in [1.54, 1.807) is 12.1 Å². The number of benzene rings is 3. The molecule has 0 amide bonds. The molecule has 1 aliphatic carbocycles. The summed E-state index contributed by atoms with van der Waals surface area (Å²) < 4.78 is 39.0. The maximum Gasteiger partial charge on any atom is 0.299 e. The highest BCUT2D eigenvalue weighted by Gasteiger charge is 2.27. The minimum Gasteiger partial charge on any atom is -0.372 e. The number of hydrogen-bond acceptors (Lipinski definition) is 8. The first kappa shape index (κ1) is 33.7. The molecule has 0 spiro atoms. The van der Waals surface area contributed by atoms with Crippen molar-refractivity contribution in [2.75, 3.05) is 36.4 Å². The minimum absolute atomic E-state index is 0.144. The molecule has 0 aliphatic heterocycles. The van der Waals surface area contributed by atoms with Gasteiger partial charge in [-0.25, -0.2) is 4.58 Å². The van der Waals surface area contributed by atoms with E-state index in [1.165, 1.54) is 6.07 Å². The van der Waals surface area contributed by atoms with Crippen molar-refractivity contribution < 1.29 is 27.4 Å². The first-order chi connectivity index (χ1) is 21.9. The topological polar surface area (TPSA) is 159 Å². The molecule has 0 aromatic heterocycles. The zero-order valence-electron chi connectivity index (χ0n) is 26.0. The Balaban J connectivity index is 1.98. The van der Waals surface area contributed by atoms with E-state index in [2.05, 4.69) is 42.5 Å². The summed E-state index contributed by atoms with van der Waals surface area (Å²) in [7, 11) is -4.94. The van der Waals surface area contributed by atoms with Crippen LogP contribution in [0.3, 0.4) is 0 Å². The molecule has 0 saturated carbocycles. The molecule has 46 heavy (non-hydrogen) atoms. The highest BCUT2D eigenvalue weighted by Crippen LogP contribution is 2.40. The van der Waals surface area contributed by atoms with Crippen LogP contribution in [0.15, 0.2) is 95.4 Å². The smallest absolute Gasteiger partial charge is 0.299 e. The predicted molar refractivity (Wildman–Crippen MR) is 180 cm³/mol. The average Bonchev–Trinajstić information content (AvgIpc) is 3.03. The number of nitro groups is 2. The van der Waals surface area contributed by atoms with Gasteiger partial charge in [-0.05, 0) is 80.8 Å². The second-order valence-corrected chi connectivity index (χ2v) is 11.7. The Morgan fingerprint density at radius 2 is 1.46 bits per heavy atom. The van der Waals surface area contributed by atoms with Crippen LogP contribution in [-0.2, 0) is 10.1 Å². The Labute approximate surface area is 267 Å². The van der Waals surface area contributed by atoms with Crippen molar-refractivity contribution in [3.05, 3.63) is 122 Å².